The number of alkyl halides is 1. The van der Waals surface area contributed by atoms with Crippen molar-refractivity contribution in [3.8, 4) is 11.4 Å². The van der Waals surface area contributed by atoms with E-state index in [0.29, 0.717) is 47.6 Å². The molecular weight excluding hydrogens is 347 g/mol. The Morgan fingerprint density at radius 1 is 1.19 bits per heavy atom. The third kappa shape index (κ3) is 4.59. The van der Waals surface area contributed by atoms with Gasteiger partial charge < -0.3 is 15.0 Å². The summed E-state index contributed by atoms with van der Waals surface area (Å²) in [5, 5.41) is 10.2. The molecule has 0 bridgehead atoms. The predicted molar refractivity (Wildman–Crippen MR) is 104 cm³/mol. The van der Waals surface area contributed by atoms with Crippen LogP contribution < -0.4 is 10.2 Å². The van der Waals surface area contributed by atoms with Crippen LogP contribution in [0.25, 0.3) is 11.4 Å². The Labute approximate surface area is 157 Å². The highest BCUT2D eigenvalue weighted by molar-refractivity contribution is 5.66. The molecule has 7 nitrogen and oxygen atoms in total. The number of hydrogen-bond donors (Lipinski definition) is 2. The lowest BCUT2D eigenvalue weighted by molar-refractivity contribution is 0.206. The fraction of sp³-hybridized carbons (Fsp3) is 0.316. The van der Waals surface area contributed by atoms with Crippen LogP contribution in [-0.4, -0.2) is 47.5 Å². The summed E-state index contributed by atoms with van der Waals surface area (Å²) in [6, 6.07) is 10.9. The Morgan fingerprint density at radius 2 is 2.00 bits per heavy atom. The average Bonchev–Trinajstić information content (AvgIpc) is 3.10. The van der Waals surface area contributed by atoms with Gasteiger partial charge in [-0.2, -0.15) is 5.10 Å². The summed E-state index contributed by atoms with van der Waals surface area (Å²) in [6.07, 6.45) is 0. The molecule has 8 heteroatoms. The molecule has 27 heavy (non-hydrogen) atoms. The number of rotatable bonds is 8. The molecule has 0 radical (unpaired) electrons. The first-order chi connectivity index (χ1) is 13.1. The maximum Gasteiger partial charge on any atom is 0.164 e. The second-order valence-electron chi connectivity index (χ2n) is 6.20. The second-order valence-corrected chi connectivity index (χ2v) is 6.20. The number of ether oxygens (including phenoxy) is 1. The normalized spacial score (nSPS) is 10.8. The van der Waals surface area contributed by atoms with Crippen molar-refractivity contribution in [1.82, 2.24) is 20.2 Å². The van der Waals surface area contributed by atoms with Crippen LogP contribution in [0.4, 0.5) is 21.8 Å². The zero-order valence-electron chi connectivity index (χ0n) is 15.7. The number of nitrogens with one attached hydrogen (secondary N) is 2. The molecule has 3 rings (SSSR count). The fourth-order valence-corrected chi connectivity index (χ4v) is 2.63. The van der Waals surface area contributed by atoms with Gasteiger partial charge >= 0.3 is 0 Å². The van der Waals surface area contributed by atoms with Gasteiger partial charge in [-0.05, 0) is 12.5 Å². The van der Waals surface area contributed by atoms with E-state index in [1.54, 1.807) is 19.2 Å². The lowest BCUT2D eigenvalue weighted by atomic mass is 10.1. The van der Waals surface area contributed by atoms with E-state index in [4.69, 9.17) is 4.74 Å². The number of nitrogens with zero attached hydrogens (tertiary/aromatic N) is 4. The number of methoxy groups -OCH3 is 1. The molecule has 1 aromatic carbocycles. The Hall–Kier alpha value is -3.00. The van der Waals surface area contributed by atoms with Crippen LogP contribution in [0, 0.1) is 6.92 Å². The van der Waals surface area contributed by atoms with E-state index in [0.717, 1.165) is 5.69 Å². The number of likely N-dealkylation sites (N-methyl/N-ethyl adjacent to an activating group) is 1. The standard InChI is InChI=1S/C19H23FN6O/c1-13-10-17(25-24-13)21-16-11-18(26(2)8-9-27-3)23-19(22-16)15-7-5-4-6-14(15)12-20/h4-7,10-11H,8-9,12H2,1-3H3,(H2,21,22,23,24,25). The predicted octanol–water partition coefficient (Wildman–Crippen LogP) is 3.47. The van der Waals surface area contributed by atoms with E-state index >= 15 is 0 Å². The molecule has 0 unspecified atom stereocenters. The summed E-state index contributed by atoms with van der Waals surface area (Å²) < 4.78 is 18.6. The molecule has 0 aliphatic rings. The molecule has 2 N–H and O–H groups in total. The van der Waals surface area contributed by atoms with Crippen molar-refractivity contribution in [3.05, 3.63) is 47.7 Å². The summed E-state index contributed by atoms with van der Waals surface area (Å²) >= 11 is 0. The Balaban J connectivity index is 2.02. The molecule has 0 atom stereocenters. The van der Waals surface area contributed by atoms with E-state index < -0.39 is 6.67 Å². The number of H-pyrrole nitrogens is 1. The van der Waals surface area contributed by atoms with E-state index in [-0.39, 0.29) is 0 Å². The molecule has 0 fully saturated rings. The first kappa shape index (κ1) is 18.8. The van der Waals surface area contributed by atoms with Crippen molar-refractivity contribution in [2.24, 2.45) is 0 Å². The highest BCUT2D eigenvalue weighted by atomic mass is 19.1. The zero-order chi connectivity index (χ0) is 19.2. The van der Waals surface area contributed by atoms with Crippen molar-refractivity contribution >= 4 is 17.5 Å². The van der Waals surface area contributed by atoms with Gasteiger partial charge in [0.1, 0.15) is 18.3 Å². The first-order valence-corrected chi connectivity index (χ1v) is 8.63. The summed E-state index contributed by atoms with van der Waals surface area (Å²) in [7, 11) is 3.58. The van der Waals surface area contributed by atoms with Crippen molar-refractivity contribution in [2.45, 2.75) is 13.6 Å². The largest absolute Gasteiger partial charge is 0.383 e. The summed E-state index contributed by atoms with van der Waals surface area (Å²) in [6.45, 7) is 2.58. The Kier molecular flexibility index (Phi) is 5.97. The van der Waals surface area contributed by atoms with E-state index in [2.05, 4.69) is 25.5 Å². The third-order valence-corrected chi connectivity index (χ3v) is 4.10. The number of benzene rings is 1. The summed E-state index contributed by atoms with van der Waals surface area (Å²) in [5.74, 6) is 2.40. The van der Waals surface area contributed by atoms with Crippen LogP contribution in [0.3, 0.4) is 0 Å². The highest BCUT2D eigenvalue weighted by Crippen LogP contribution is 2.26. The van der Waals surface area contributed by atoms with Crippen LogP contribution in [0.2, 0.25) is 0 Å². The number of anilines is 3. The summed E-state index contributed by atoms with van der Waals surface area (Å²) in [5.41, 5.74) is 2.16. The molecule has 0 aliphatic carbocycles. The number of aryl methyl sites for hydroxylation is 1. The molecule has 2 heterocycles. The van der Waals surface area contributed by atoms with Crippen LogP contribution >= 0.6 is 0 Å². The van der Waals surface area contributed by atoms with Gasteiger partial charge in [0.2, 0.25) is 0 Å². The fourth-order valence-electron chi connectivity index (χ4n) is 2.63. The van der Waals surface area contributed by atoms with Crippen LogP contribution in [0.1, 0.15) is 11.3 Å². The van der Waals surface area contributed by atoms with Crippen LogP contribution in [0.15, 0.2) is 36.4 Å². The number of hydrogen-bond acceptors (Lipinski definition) is 6. The molecule has 0 saturated carbocycles. The minimum Gasteiger partial charge on any atom is -0.383 e. The molecule has 0 aliphatic heterocycles. The van der Waals surface area contributed by atoms with E-state index in [9.17, 15) is 4.39 Å². The molecule has 0 saturated heterocycles. The lowest BCUT2D eigenvalue weighted by Crippen LogP contribution is -2.23. The molecule has 3 aromatic rings. The maximum absolute atomic E-state index is 13.4. The Morgan fingerprint density at radius 3 is 2.70 bits per heavy atom. The minimum atomic E-state index is -0.579. The second kappa shape index (κ2) is 8.59. The highest BCUT2D eigenvalue weighted by Gasteiger charge is 2.14. The number of aromatic amines is 1. The SMILES string of the molecule is COCCN(C)c1cc(Nc2cc(C)[nH]n2)nc(-c2ccccc2CF)n1. The molecule has 0 amide bonds. The summed E-state index contributed by atoms with van der Waals surface area (Å²) in [4.78, 5) is 11.2. The minimum absolute atomic E-state index is 0.458. The van der Waals surface area contributed by atoms with Crippen molar-refractivity contribution in [1.29, 1.82) is 0 Å². The van der Waals surface area contributed by atoms with E-state index in [1.165, 1.54) is 0 Å². The van der Waals surface area contributed by atoms with Gasteiger partial charge in [0, 0.05) is 44.1 Å². The number of halogens is 1. The van der Waals surface area contributed by atoms with Gasteiger partial charge in [-0.3, -0.25) is 5.10 Å². The van der Waals surface area contributed by atoms with Crippen LogP contribution in [-0.2, 0) is 11.4 Å². The third-order valence-electron chi connectivity index (χ3n) is 4.10. The topological polar surface area (TPSA) is 79.0 Å². The smallest absolute Gasteiger partial charge is 0.164 e. The van der Waals surface area contributed by atoms with Gasteiger partial charge in [0.25, 0.3) is 0 Å². The van der Waals surface area contributed by atoms with E-state index in [1.807, 2.05) is 43.1 Å². The number of aromatic nitrogens is 4. The van der Waals surface area contributed by atoms with Crippen molar-refractivity contribution < 1.29 is 9.13 Å². The quantitative estimate of drug-likeness (QED) is 0.632. The average molecular weight is 370 g/mol. The van der Waals surface area contributed by atoms with Gasteiger partial charge in [-0.1, -0.05) is 24.3 Å². The molecule has 2 aromatic heterocycles. The van der Waals surface area contributed by atoms with Crippen molar-refractivity contribution in [3.63, 3.8) is 0 Å². The maximum atomic E-state index is 13.4. The van der Waals surface area contributed by atoms with Crippen molar-refractivity contribution in [2.75, 3.05) is 37.5 Å². The lowest BCUT2D eigenvalue weighted by Gasteiger charge is -2.19. The van der Waals surface area contributed by atoms with Gasteiger partial charge in [-0.15, -0.1) is 0 Å². The molecular formula is C19H23FN6O. The van der Waals surface area contributed by atoms with Crippen LogP contribution in [0.5, 0.6) is 0 Å². The zero-order valence-corrected chi connectivity index (χ0v) is 15.7. The van der Waals surface area contributed by atoms with Gasteiger partial charge in [0.05, 0.1) is 6.61 Å². The Bertz CT molecular complexity index is 897. The molecule has 0 spiro atoms. The van der Waals surface area contributed by atoms with Gasteiger partial charge in [-0.25, -0.2) is 14.4 Å². The first-order valence-electron chi connectivity index (χ1n) is 8.63. The molecule has 142 valence electrons. The monoisotopic (exact) mass is 370 g/mol. The van der Waals surface area contributed by atoms with Gasteiger partial charge in [0.15, 0.2) is 11.6 Å².